The first kappa shape index (κ1) is 18.3. The number of hydrogen-bond acceptors (Lipinski definition) is 3. The highest BCUT2D eigenvalue weighted by atomic mass is 16.7. The van der Waals surface area contributed by atoms with Crippen LogP contribution in [0.1, 0.15) is 46.1 Å². The number of amides is 1. The molecule has 1 saturated heterocycles. The van der Waals surface area contributed by atoms with Crippen molar-refractivity contribution in [1.29, 1.82) is 0 Å². The first-order chi connectivity index (χ1) is 12.7. The molecule has 0 atom stereocenters. The lowest BCUT2D eigenvalue weighted by Gasteiger charge is -2.32. The van der Waals surface area contributed by atoms with Crippen LogP contribution in [0.25, 0.3) is 0 Å². The summed E-state index contributed by atoms with van der Waals surface area (Å²) in [5.74, 6) is 0.0667. The van der Waals surface area contributed by atoms with Crippen molar-refractivity contribution in [1.82, 2.24) is 0 Å². The third-order valence-corrected chi connectivity index (χ3v) is 6.20. The fourth-order valence-electron chi connectivity index (χ4n) is 3.48. The minimum atomic E-state index is -0.390. The van der Waals surface area contributed by atoms with E-state index in [1.54, 1.807) is 0 Å². The van der Waals surface area contributed by atoms with Crippen LogP contribution in [0.5, 0.6) is 0 Å². The number of carbonyl (C=O) groups excluding carboxylic acids is 1. The van der Waals surface area contributed by atoms with Gasteiger partial charge < -0.3 is 14.6 Å². The lowest BCUT2D eigenvalue weighted by Crippen LogP contribution is -2.41. The van der Waals surface area contributed by atoms with Crippen LogP contribution in [-0.2, 0) is 19.5 Å². The van der Waals surface area contributed by atoms with Gasteiger partial charge in [-0.1, -0.05) is 42.5 Å². The molecule has 140 valence electrons. The second-order valence-electron chi connectivity index (χ2n) is 8.61. The van der Waals surface area contributed by atoms with Crippen LogP contribution in [0, 0.1) is 0 Å². The average Bonchev–Trinajstić information content (AvgIpc) is 3.40. The molecule has 0 aromatic heterocycles. The summed E-state index contributed by atoms with van der Waals surface area (Å²) in [7, 11) is -0.390. The van der Waals surface area contributed by atoms with Gasteiger partial charge in [0.1, 0.15) is 0 Å². The summed E-state index contributed by atoms with van der Waals surface area (Å²) in [5.41, 5.74) is 1.75. The molecular formula is C22H26BNO3. The van der Waals surface area contributed by atoms with Gasteiger partial charge in [-0.2, -0.15) is 0 Å². The first-order valence-electron chi connectivity index (χ1n) is 9.56. The Balaban J connectivity index is 1.46. The van der Waals surface area contributed by atoms with Crippen molar-refractivity contribution in [3.63, 3.8) is 0 Å². The molecule has 1 saturated carbocycles. The smallest absolute Gasteiger partial charge is 0.399 e. The van der Waals surface area contributed by atoms with Crippen molar-refractivity contribution in [3.05, 3.63) is 60.2 Å². The van der Waals surface area contributed by atoms with E-state index in [2.05, 4.69) is 5.32 Å². The molecule has 0 bridgehead atoms. The Morgan fingerprint density at radius 3 is 1.96 bits per heavy atom. The van der Waals surface area contributed by atoms with E-state index in [1.165, 1.54) is 0 Å². The molecule has 4 rings (SSSR count). The molecule has 2 aromatic rings. The van der Waals surface area contributed by atoms with Gasteiger partial charge in [0.15, 0.2) is 0 Å². The van der Waals surface area contributed by atoms with E-state index in [0.29, 0.717) is 0 Å². The molecule has 0 spiro atoms. The predicted octanol–water partition coefficient (Wildman–Crippen LogP) is 3.66. The van der Waals surface area contributed by atoms with E-state index in [1.807, 2.05) is 82.3 Å². The van der Waals surface area contributed by atoms with Gasteiger partial charge in [-0.05, 0) is 63.7 Å². The molecule has 0 unspecified atom stereocenters. The van der Waals surface area contributed by atoms with Crippen LogP contribution in [0.2, 0.25) is 0 Å². The Kier molecular flexibility index (Phi) is 4.20. The van der Waals surface area contributed by atoms with Gasteiger partial charge in [0.2, 0.25) is 5.91 Å². The molecule has 2 fully saturated rings. The van der Waals surface area contributed by atoms with Crippen LogP contribution in [0.4, 0.5) is 5.69 Å². The van der Waals surface area contributed by atoms with Crippen LogP contribution in [0.3, 0.4) is 0 Å². The molecular weight excluding hydrogens is 337 g/mol. The Bertz CT molecular complexity index is 826. The van der Waals surface area contributed by atoms with Gasteiger partial charge in [-0.15, -0.1) is 0 Å². The lowest BCUT2D eigenvalue weighted by molar-refractivity contribution is -0.118. The fraction of sp³-hybridized carbons (Fsp3) is 0.409. The van der Waals surface area contributed by atoms with Gasteiger partial charge in [0, 0.05) is 5.69 Å². The zero-order valence-electron chi connectivity index (χ0n) is 16.4. The lowest BCUT2D eigenvalue weighted by atomic mass is 9.79. The largest absolute Gasteiger partial charge is 0.494 e. The van der Waals surface area contributed by atoms with Gasteiger partial charge in [-0.3, -0.25) is 4.79 Å². The highest BCUT2D eigenvalue weighted by Crippen LogP contribution is 2.48. The quantitative estimate of drug-likeness (QED) is 0.844. The Morgan fingerprint density at radius 1 is 0.889 bits per heavy atom. The summed E-state index contributed by atoms with van der Waals surface area (Å²) in [5, 5.41) is 3.07. The summed E-state index contributed by atoms with van der Waals surface area (Å²) >= 11 is 0. The number of carbonyl (C=O) groups is 1. The third kappa shape index (κ3) is 3.19. The Morgan fingerprint density at radius 2 is 1.44 bits per heavy atom. The summed E-state index contributed by atoms with van der Waals surface area (Å²) in [6, 6.07) is 17.8. The van der Waals surface area contributed by atoms with Gasteiger partial charge in [0.25, 0.3) is 0 Å². The zero-order valence-corrected chi connectivity index (χ0v) is 16.4. The highest BCUT2D eigenvalue weighted by molar-refractivity contribution is 6.62. The van der Waals surface area contributed by atoms with E-state index in [-0.39, 0.29) is 29.6 Å². The monoisotopic (exact) mass is 363 g/mol. The number of nitrogens with one attached hydrogen (secondary N) is 1. The van der Waals surface area contributed by atoms with Crippen LogP contribution >= 0.6 is 0 Å². The third-order valence-electron chi connectivity index (χ3n) is 6.20. The van der Waals surface area contributed by atoms with Gasteiger partial charge in [0.05, 0.1) is 16.6 Å². The topological polar surface area (TPSA) is 47.6 Å². The van der Waals surface area contributed by atoms with Crippen molar-refractivity contribution in [3.8, 4) is 0 Å². The molecule has 1 heterocycles. The highest BCUT2D eigenvalue weighted by Gasteiger charge is 2.52. The van der Waals surface area contributed by atoms with Crippen LogP contribution in [0.15, 0.2) is 54.6 Å². The normalized spacial score (nSPS) is 21.7. The average molecular weight is 363 g/mol. The molecule has 4 nitrogen and oxygen atoms in total. The molecule has 2 aromatic carbocycles. The molecule has 27 heavy (non-hydrogen) atoms. The summed E-state index contributed by atoms with van der Waals surface area (Å²) in [6.07, 6.45) is 1.80. The van der Waals surface area contributed by atoms with E-state index >= 15 is 0 Å². The number of benzene rings is 2. The summed E-state index contributed by atoms with van der Waals surface area (Å²) in [6.45, 7) is 8.17. The van der Waals surface area contributed by atoms with Gasteiger partial charge in [-0.25, -0.2) is 0 Å². The Labute approximate surface area is 161 Å². The van der Waals surface area contributed by atoms with Gasteiger partial charge >= 0.3 is 7.12 Å². The second kappa shape index (κ2) is 6.21. The van der Waals surface area contributed by atoms with Crippen molar-refractivity contribution < 1.29 is 14.1 Å². The van der Waals surface area contributed by atoms with E-state index in [4.69, 9.17) is 9.31 Å². The maximum absolute atomic E-state index is 12.8. The molecule has 1 amide bonds. The predicted molar refractivity (Wildman–Crippen MR) is 108 cm³/mol. The fourth-order valence-corrected chi connectivity index (χ4v) is 3.48. The molecule has 1 aliphatic heterocycles. The van der Waals surface area contributed by atoms with E-state index in [9.17, 15) is 4.79 Å². The minimum Gasteiger partial charge on any atom is -0.399 e. The molecule has 0 radical (unpaired) electrons. The number of anilines is 1. The maximum atomic E-state index is 12.8. The van der Waals surface area contributed by atoms with Crippen molar-refractivity contribution in [2.75, 3.05) is 5.32 Å². The van der Waals surface area contributed by atoms with Crippen molar-refractivity contribution in [2.45, 2.75) is 57.2 Å². The number of hydrogen-bond donors (Lipinski definition) is 1. The first-order valence-corrected chi connectivity index (χ1v) is 9.56. The summed E-state index contributed by atoms with van der Waals surface area (Å²) < 4.78 is 12.2. The van der Waals surface area contributed by atoms with E-state index in [0.717, 1.165) is 29.6 Å². The number of rotatable bonds is 4. The molecule has 1 N–H and O–H groups in total. The zero-order chi connectivity index (χ0) is 19.3. The van der Waals surface area contributed by atoms with Crippen LogP contribution < -0.4 is 10.8 Å². The molecule has 5 heteroatoms. The minimum absolute atomic E-state index is 0.0667. The van der Waals surface area contributed by atoms with Crippen molar-refractivity contribution in [2.24, 2.45) is 0 Å². The standard InChI is InChI=1S/C22H26BNO3/c1-20(2)21(3,4)27-23(26-20)17-10-12-18(13-11-17)24-19(25)22(14-15-22)16-8-6-5-7-9-16/h5-13H,14-15H2,1-4H3,(H,24,25). The van der Waals surface area contributed by atoms with Crippen LogP contribution in [-0.4, -0.2) is 24.2 Å². The van der Waals surface area contributed by atoms with E-state index < -0.39 is 0 Å². The second-order valence-corrected chi connectivity index (χ2v) is 8.61. The molecule has 1 aliphatic carbocycles. The Hall–Kier alpha value is -2.11. The SMILES string of the molecule is CC1(C)OB(c2ccc(NC(=O)C3(c4ccccc4)CC3)cc2)OC1(C)C. The summed E-state index contributed by atoms with van der Waals surface area (Å²) in [4.78, 5) is 12.8. The maximum Gasteiger partial charge on any atom is 0.494 e. The van der Waals surface area contributed by atoms with Crippen molar-refractivity contribution >= 4 is 24.2 Å². The molecule has 2 aliphatic rings.